The first-order valence-electron chi connectivity index (χ1n) is 5.50. The second kappa shape index (κ2) is 6.02. The largest absolute Gasteiger partial charge is 0.481 e. The van der Waals surface area contributed by atoms with Crippen molar-refractivity contribution in [2.75, 3.05) is 0 Å². The van der Waals surface area contributed by atoms with Crippen LogP contribution in [0.5, 0.6) is 5.75 Å². The Morgan fingerprint density at radius 2 is 2.00 bits per heavy atom. The van der Waals surface area contributed by atoms with Crippen LogP contribution >= 0.6 is 27.3 Å². The van der Waals surface area contributed by atoms with E-state index in [4.69, 9.17) is 4.74 Å². The van der Waals surface area contributed by atoms with Gasteiger partial charge in [-0.2, -0.15) is 13.2 Å². The molecule has 0 aliphatic rings. The van der Waals surface area contributed by atoms with Crippen LogP contribution in [-0.2, 0) is 12.8 Å². The minimum Gasteiger partial charge on any atom is -0.481 e. The average molecular weight is 382 g/mol. The van der Waals surface area contributed by atoms with E-state index in [1.165, 1.54) is 11.3 Å². The molecule has 0 spiro atoms. The van der Waals surface area contributed by atoms with Crippen molar-refractivity contribution in [2.45, 2.75) is 12.8 Å². The molecule has 1 heterocycles. The van der Waals surface area contributed by atoms with E-state index in [2.05, 4.69) is 15.9 Å². The number of nitro groups is 1. The fourth-order valence-corrected chi connectivity index (χ4v) is 2.93. The molecular weight excluding hydrogens is 375 g/mol. The van der Waals surface area contributed by atoms with Crippen LogP contribution in [0, 0.1) is 10.1 Å². The van der Waals surface area contributed by atoms with Crippen molar-refractivity contribution in [1.29, 1.82) is 0 Å². The Labute approximate surface area is 129 Å². The molecule has 0 fully saturated rings. The Bertz CT molecular complexity index is 672. The van der Waals surface area contributed by atoms with Crippen molar-refractivity contribution >= 4 is 33.0 Å². The third-order valence-corrected chi connectivity index (χ3v) is 4.08. The first-order chi connectivity index (χ1) is 9.77. The number of rotatable bonds is 4. The van der Waals surface area contributed by atoms with Crippen LogP contribution in [0.4, 0.5) is 18.9 Å². The summed E-state index contributed by atoms with van der Waals surface area (Å²) in [6.45, 7) is 0.0441. The molecule has 0 amide bonds. The quantitative estimate of drug-likeness (QED) is 0.552. The predicted octanol–water partition coefficient (Wildman–Crippen LogP) is 5.02. The van der Waals surface area contributed by atoms with Crippen LogP contribution in [-0.4, -0.2) is 4.92 Å². The van der Waals surface area contributed by atoms with E-state index in [9.17, 15) is 23.3 Å². The van der Waals surface area contributed by atoms with Crippen LogP contribution in [0.15, 0.2) is 34.1 Å². The molecule has 0 atom stereocenters. The predicted molar refractivity (Wildman–Crippen MR) is 74.4 cm³/mol. The van der Waals surface area contributed by atoms with Gasteiger partial charge in [0.1, 0.15) is 6.61 Å². The van der Waals surface area contributed by atoms with Gasteiger partial charge in [0.25, 0.3) is 0 Å². The molecule has 0 aliphatic carbocycles. The van der Waals surface area contributed by atoms with Crippen LogP contribution < -0.4 is 4.74 Å². The third-order valence-electron chi connectivity index (χ3n) is 2.48. The number of hydrogen-bond donors (Lipinski definition) is 0. The molecule has 0 saturated heterocycles. The summed E-state index contributed by atoms with van der Waals surface area (Å²) in [6, 6.07) is 5.73. The van der Waals surface area contributed by atoms with Gasteiger partial charge in [-0.25, -0.2) is 0 Å². The maximum atomic E-state index is 12.5. The second-order valence-electron chi connectivity index (χ2n) is 3.93. The standard InChI is InChI=1S/C12H7BrF3NO3S/c13-11-4-2-8(21-11)6-20-10-3-1-7(12(14,15)16)5-9(10)17(18)19/h1-5H,6H2. The lowest BCUT2D eigenvalue weighted by Crippen LogP contribution is -2.06. The summed E-state index contributed by atoms with van der Waals surface area (Å²) in [6.07, 6.45) is -4.64. The highest BCUT2D eigenvalue weighted by atomic mass is 79.9. The lowest BCUT2D eigenvalue weighted by Gasteiger charge is -2.09. The summed E-state index contributed by atoms with van der Waals surface area (Å²) in [5.74, 6) is -0.197. The first-order valence-corrected chi connectivity index (χ1v) is 7.11. The van der Waals surface area contributed by atoms with E-state index < -0.39 is 22.4 Å². The number of thiophene rings is 1. The van der Waals surface area contributed by atoms with Crippen LogP contribution in [0.1, 0.15) is 10.4 Å². The van der Waals surface area contributed by atoms with Crippen molar-refractivity contribution in [1.82, 2.24) is 0 Å². The van der Waals surface area contributed by atoms with Crippen molar-refractivity contribution in [3.8, 4) is 5.75 Å². The molecule has 21 heavy (non-hydrogen) atoms. The zero-order valence-corrected chi connectivity index (χ0v) is 12.6. The summed E-state index contributed by atoms with van der Waals surface area (Å²) in [4.78, 5) is 10.8. The van der Waals surface area contributed by atoms with Gasteiger partial charge in [-0.05, 0) is 40.2 Å². The van der Waals surface area contributed by atoms with E-state index in [1.54, 1.807) is 12.1 Å². The summed E-state index contributed by atoms with van der Waals surface area (Å²) >= 11 is 4.63. The van der Waals surface area contributed by atoms with Crippen LogP contribution in [0.3, 0.4) is 0 Å². The van der Waals surface area contributed by atoms with Gasteiger partial charge in [-0.3, -0.25) is 10.1 Å². The topological polar surface area (TPSA) is 52.4 Å². The van der Waals surface area contributed by atoms with E-state index in [0.717, 1.165) is 20.8 Å². The SMILES string of the molecule is O=[N+]([O-])c1cc(C(F)(F)F)ccc1OCc1ccc(Br)s1. The molecule has 2 aromatic rings. The van der Waals surface area contributed by atoms with Gasteiger partial charge in [-0.15, -0.1) is 11.3 Å². The molecule has 0 saturated carbocycles. The molecule has 1 aromatic heterocycles. The fraction of sp³-hybridized carbons (Fsp3) is 0.167. The Morgan fingerprint density at radius 1 is 1.29 bits per heavy atom. The van der Waals surface area contributed by atoms with Crippen LogP contribution in [0.25, 0.3) is 0 Å². The van der Waals surface area contributed by atoms with Gasteiger partial charge < -0.3 is 4.74 Å². The summed E-state index contributed by atoms with van der Waals surface area (Å²) in [5, 5.41) is 10.9. The lowest BCUT2D eigenvalue weighted by molar-refractivity contribution is -0.386. The minimum atomic E-state index is -4.64. The van der Waals surface area contributed by atoms with Gasteiger partial charge in [0.05, 0.1) is 14.3 Å². The molecule has 112 valence electrons. The molecular formula is C12H7BrF3NO3S. The molecule has 0 aliphatic heterocycles. The molecule has 2 rings (SSSR count). The highest BCUT2D eigenvalue weighted by Crippen LogP contribution is 2.36. The van der Waals surface area contributed by atoms with E-state index in [0.29, 0.717) is 6.07 Å². The first kappa shape index (κ1) is 15.8. The van der Waals surface area contributed by atoms with Gasteiger partial charge in [-0.1, -0.05) is 0 Å². The molecule has 1 aromatic carbocycles. The second-order valence-corrected chi connectivity index (χ2v) is 6.48. The highest BCUT2D eigenvalue weighted by Gasteiger charge is 2.33. The smallest absolute Gasteiger partial charge is 0.416 e. The number of benzene rings is 1. The average Bonchev–Trinajstić information content (AvgIpc) is 2.80. The van der Waals surface area contributed by atoms with Gasteiger partial charge in [0.15, 0.2) is 5.75 Å². The number of halogens is 4. The molecule has 4 nitrogen and oxygen atoms in total. The van der Waals surface area contributed by atoms with Crippen LogP contribution in [0.2, 0.25) is 0 Å². The van der Waals surface area contributed by atoms with Crippen molar-refractivity contribution in [3.05, 3.63) is 54.7 Å². The third kappa shape index (κ3) is 3.94. The summed E-state index contributed by atoms with van der Waals surface area (Å²) in [7, 11) is 0. The van der Waals surface area contributed by atoms with Gasteiger partial charge >= 0.3 is 11.9 Å². The maximum absolute atomic E-state index is 12.5. The van der Waals surface area contributed by atoms with E-state index in [-0.39, 0.29) is 12.4 Å². The Morgan fingerprint density at radius 3 is 2.52 bits per heavy atom. The lowest BCUT2D eigenvalue weighted by atomic mass is 10.2. The monoisotopic (exact) mass is 381 g/mol. The zero-order chi connectivity index (χ0) is 15.6. The van der Waals surface area contributed by atoms with E-state index >= 15 is 0 Å². The van der Waals surface area contributed by atoms with Gasteiger partial charge in [0, 0.05) is 10.9 Å². The minimum absolute atomic E-state index is 0.0441. The molecule has 0 N–H and O–H groups in total. The molecule has 0 bridgehead atoms. The molecule has 0 radical (unpaired) electrons. The maximum Gasteiger partial charge on any atom is 0.416 e. The number of nitrogens with zero attached hydrogens (tertiary/aromatic N) is 1. The Kier molecular flexibility index (Phi) is 4.52. The summed E-state index contributed by atoms with van der Waals surface area (Å²) < 4.78 is 43.8. The fourth-order valence-electron chi connectivity index (χ4n) is 1.54. The zero-order valence-electron chi connectivity index (χ0n) is 10.2. The van der Waals surface area contributed by atoms with Gasteiger partial charge in [0.2, 0.25) is 0 Å². The number of ether oxygens (including phenoxy) is 1. The van der Waals surface area contributed by atoms with Crippen molar-refractivity contribution in [3.63, 3.8) is 0 Å². The molecule has 0 unspecified atom stereocenters. The van der Waals surface area contributed by atoms with Crippen molar-refractivity contribution in [2.24, 2.45) is 0 Å². The Hall–Kier alpha value is -1.61. The normalized spacial score (nSPS) is 11.4. The number of hydrogen-bond acceptors (Lipinski definition) is 4. The summed E-state index contributed by atoms with van der Waals surface area (Å²) in [5.41, 5.74) is -1.79. The number of alkyl halides is 3. The highest BCUT2D eigenvalue weighted by molar-refractivity contribution is 9.11. The Balaban J connectivity index is 2.24. The molecule has 9 heteroatoms. The van der Waals surface area contributed by atoms with Crippen molar-refractivity contribution < 1.29 is 22.8 Å². The van der Waals surface area contributed by atoms with E-state index in [1.807, 2.05) is 0 Å². The number of nitro benzene ring substituents is 1.